The van der Waals surface area contributed by atoms with Crippen molar-refractivity contribution in [2.75, 3.05) is 20.1 Å². The number of nitrogens with zero attached hydrogens (tertiary/aromatic N) is 2. The summed E-state index contributed by atoms with van der Waals surface area (Å²) in [4.78, 5) is 22.3. The number of carbonyl (C=O) groups is 1. The Hall–Kier alpha value is -1.10. The van der Waals surface area contributed by atoms with Crippen molar-refractivity contribution in [2.45, 2.75) is 78.9 Å². The van der Waals surface area contributed by atoms with Crippen molar-refractivity contribution >= 4 is 47.4 Å². The summed E-state index contributed by atoms with van der Waals surface area (Å²) < 4.78 is 5.43. The van der Waals surface area contributed by atoms with Crippen LogP contribution in [0.5, 0.6) is 0 Å². The van der Waals surface area contributed by atoms with Crippen LogP contribution in [-0.4, -0.2) is 48.3 Å². The molecule has 0 aromatic carbocycles. The molecule has 1 aromatic heterocycles. The Morgan fingerprint density at radius 1 is 1.17 bits per heavy atom. The van der Waals surface area contributed by atoms with Crippen LogP contribution in [0.4, 0.5) is 4.79 Å². The summed E-state index contributed by atoms with van der Waals surface area (Å²) in [6, 6.07) is 0. The summed E-state index contributed by atoms with van der Waals surface area (Å²) >= 11 is 1.74. The molecular formula is C20H38IN5O2S. The summed E-state index contributed by atoms with van der Waals surface area (Å²) in [5.74, 6) is 0.719. The zero-order valence-corrected chi connectivity index (χ0v) is 22.2. The molecule has 0 spiro atoms. The van der Waals surface area contributed by atoms with Gasteiger partial charge in [-0.1, -0.05) is 13.8 Å². The van der Waals surface area contributed by atoms with Gasteiger partial charge in [0.25, 0.3) is 0 Å². The van der Waals surface area contributed by atoms with E-state index in [1.165, 1.54) is 4.88 Å². The van der Waals surface area contributed by atoms with E-state index >= 15 is 0 Å². The maximum atomic E-state index is 12.3. The highest BCUT2D eigenvalue weighted by molar-refractivity contribution is 14.0. The fourth-order valence-corrected chi connectivity index (χ4v) is 3.75. The molecule has 29 heavy (non-hydrogen) atoms. The van der Waals surface area contributed by atoms with Gasteiger partial charge in [0, 0.05) is 31.4 Å². The van der Waals surface area contributed by atoms with Crippen molar-refractivity contribution in [1.29, 1.82) is 0 Å². The van der Waals surface area contributed by atoms with Crippen molar-refractivity contribution in [3.8, 4) is 0 Å². The normalized spacial score (nSPS) is 12.2. The lowest BCUT2D eigenvalue weighted by Gasteiger charge is -2.34. The standard InChI is InChI=1S/C20H37N5O2S.HI/c1-9-20(10-2,25-18(26)27-19(5,6)7)13-23-17(21-8)22-12-11-16-14(3)24-15(4)28-16;/h9-13H2,1-8H3,(H,25,26)(H2,21,22,23);1H. The van der Waals surface area contributed by atoms with Gasteiger partial charge in [0.1, 0.15) is 5.60 Å². The summed E-state index contributed by atoms with van der Waals surface area (Å²) in [5, 5.41) is 10.8. The highest BCUT2D eigenvalue weighted by Crippen LogP contribution is 2.18. The first-order valence-electron chi connectivity index (χ1n) is 9.92. The third-order valence-electron chi connectivity index (χ3n) is 4.58. The quantitative estimate of drug-likeness (QED) is 0.262. The smallest absolute Gasteiger partial charge is 0.408 e. The van der Waals surface area contributed by atoms with Gasteiger partial charge in [-0.3, -0.25) is 4.99 Å². The second-order valence-corrected chi connectivity index (χ2v) is 9.25. The van der Waals surface area contributed by atoms with Crippen molar-refractivity contribution in [3.63, 3.8) is 0 Å². The SMILES string of the molecule is CCC(CC)(CNC(=NC)NCCc1sc(C)nc1C)NC(=O)OC(C)(C)C.I. The molecule has 0 atom stereocenters. The van der Waals surface area contributed by atoms with E-state index in [1.54, 1.807) is 18.4 Å². The summed E-state index contributed by atoms with van der Waals surface area (Å²) in [6.45, 7) is 15.1. The Morgan fingerprint density at radius 3 is 2.24 bits per heavy atom. The minimum absolute atomic E-state index is 0. The Morgan fingerprint density at radius 2 is 1.79 bits per heavy atom. The van der Waals surface area contributed by atoms with Crippen LogP contribution in [0.1, 0.15) is 63.0 Å². The fraction of sp³-hybridized carbons (Fsp3) is 0.750. The number of aromatic nitrogens is 1. The number of ether oxygens (including phenoxy) is 1. The molecule has 1 amide bonds. The first-order valence-corrected chi connectivity index (χ1v) is 10.7. The number of hydrogen-bond donors (Lipinski definition) is 3. The van der Waals surface area contributed by atoms with Gasteiger partial charge >= 0.3 is 6.09 Å². The molecule has 0 bridgehead atoms. The third kappa shape index (κ3) is 9.97. The predicted molar refractivity (Wildman–Crippen MR) is 133 cm³/mol. The third-order valence-corrected chi connectivity index (χ3v) is 5.71. The average Bonchev–Trinajstić information content (AvgIpc) is 2.92. The monoisotopic (exact) mass is 539 g/mol. The molecule has 0 aliphatic heterocycles. The van der Waals surface area contributed by atoms with Gasteiger partial charge in [0.15, 0.2) is 5.96 Å². The van der Waals surface area contributed by atoms with Crippen molar-refractivity contribution in [1.82, 2.24) is 20.9 Å². The van der Waals surface area contributed by atoms with Gasteiger partial charge in [0.2, 0.25) is 0 Å². The van der Waals surface area contributed by atoms with E-state index in [2.05, 4.69) is 39.8 Å². The number of hydrogen-bond acceptors (Lipinski definition) is 5. The van der Waals surface area contributed by atoms with Crippen molar-refractivity contribution in [3.05, 3.63) is 15.6 Å². The van der Waals surface area contributed by atoms with E-state index in [0.29, 0.717) is 6.54 Å². The Labute approximate surface area is 196 Å². The van der Waals surface area contributed by atoms with Crippen LogP contribution in [0.2, 0.25) is 0 Å². The molecule has 0 unspecified atom stereocenters. The van der Waals surface area contributed by atoms with Gasteiger partial charge in [-0.2, -0.15) is 0 Å². The van der Waals surface area contributed by atoms with Crippen LogP contribution < -0.4 is 16.0 Å². The summed E-state index contributed by atoms with van der Waals surface area (Å²) in [7, 11) is 1.75. The molecular weight excluding hydrogens is 501 g/mol. The van der Waals surface area contributed by atoms with Crippen LogP contribution in [0.25, 0.3) is 0 Å². The molecule has 0 saturated carbocycles. The maximum absolute atomic E-state index is 12.3. The zero-order chi connectivity index (χ0) is 21.4. The van der Waals surface area contributed by atoms with Gasteiger partial charge in [0.05, 0.1) is 16.2 Å². The second-order valence-electron chi connectivity index (χ2n) is 7.96. The number of alkyl carbamates (subject to hydrolysis) is 1. The number of thiazole rings is 1. The van der Waals surface area contributed by atoms with Crippen LogP contribution >= 0.6 is 35.3 Å². The molecule has 168 valence electrons. The second kappa shape index (κ2) is 12.6. The number of aliphatic imine (C=N–C) groups is 1. The van der Waals surface area contributed by atoms with Crippen LogP contribution in [0, 0.1) is 13.8 Å². The fourth-order valence-electron chi connectivity index (χ4n) is 2.81. The molecule has 0 aliphatic carbocycles. The molecule has 1 rings (SSSR count). The number of carbonyl (C=O) groups excluding carboxylic acids is 1. The molecule has 3 N–H and O–H groups in total. The number of halogens is 1. The Kier molecular flexibility index (Phi) is 12.1. The summed E-state index contributed by atoms with van der Waals surface area (Å²) in [6.07, 6.45) is 2.08. The van der Waals surface area contributed by atoms with E-state index < -0.39 is 17.2 Å². The number of nitrogens with one attached hydrogen (secondary N) is 3. The van der Waals surface area contributed by atoms with Gasteiger partial charge in [-0.25, -0.2) is 9.78 Å². The number of amides is 1. The van der Waals surface area contributed by atoms with Gasteiger partial charge in [-0.05, 0) is 47.5 Å². The zero-order valence-electron chi connectivity index (χ0n) is 19.1. The lowest BCUT2D eigenvalue weighted by molar-refractivity contribution is 0.0448. The van der Waals surface area contributed by atoms with Crippen LogP contribution in [0.15, 0.2) is 4.99 Å². The first kappa shape index (κ1) is 27.9. The van der Waals surface area contributed by atoms with Crippen LogP contribution in [-0.2, 0) is 11.2 Å². The van der Waals surface area contributed by atoms with Crippen molar-refractivity contribution < 1.29 is 9.53 Å². The molecule has 0 fully saturated rings. The van der Waals surface area contributed by atoms with Gasteiger partial charge < -0.3 is 20.7 Å². The lowest BCUT2D eigenvalue weighted by Crippen LogP contribution is -2.57. The molecule has 0 aliphatic rings. The minimum atomic E-state index is -0.518. The highest BCUT2D eigenvalue weighted by atomic mass is 127. The highest BCUT2D eigenvalue weighted by Gasteiger charge is 2.30. The van der Waals surface area contributed by atoms with E-state index in [1.807, 2.05) is 34.6 Å². The molecule has 9 heteroatoms. The predicted octanol–water partition coefficient (Wildman–Crippen LogP) is 4.17. The van der Waals surface area contributed by atoms with E-state index in [-0.39, 0.29) is 24.0 Å². The lowest BCUT2D eigenvalue weighted by atomic mass is 9.93. The number of guanidine groups is 1. The van der Waals surface area contributed by atoms with Crippen molar-refractivity contribution in [2.24, 2.45) is 4.99 Å². The van der Waals surface area contributed by atoms with E-state index in [9.17, 15) is 4.79 Å². The van der Waals surface area contributed by atoms with Crippen LogP contribution in [0.3, 0.4) is 0 Å². The van der Waals surface area contributed by atoms with E-state index in [0.717, 1.165) is 42.5 Å². The van der Waals surface area contributed by atoms with E-state index in [4.69, 9.17) is 4.74 Å². The topological polar surface area (TPSA) is 87.6 Å². The van der Waals surface area contributed by atoms with Gasteiger partial charge in [-0.15, -0.1) is 35.3 Å². The minimum Gasteiger partial charge on any atom is -0.444 e. The maximum Gasteiger partial charge on any atom is 0.408 e. The number of rotatable bonds is 8. The average molecular weight is 540 g/mol. The largest absolute Gasteiger partial charge is 0.444 e. The molecule has 1 heterocycles. The summed E-state index contributed by atoms with van der Waals surface area (Å²) in [5.41, 5.74) is 0.186. The first-order chi connectivity index (χ1) is 13.0. The molecule has 1 aromatic rings. The molecule has 0 saturated heterocycles. The Bertz CT molecular complexity index is 666. The Balaban J connectivity index is 0.00000784. The number of aryl methyl sites for hydroxylation is 2. The molecule has 7 nitrogen and oxygen atoms in total. The molecule has 0 radical (unpaired) electrons.